The van der Waals surface area contributed by atoms with E-state index >= 15 is 0 Å². The maximum atomic E-state index is 13.0. The Bertz CT molecular complexity index is 434. The van der Waals surface area contributed by atoms with Crippen LogP contribution in [-0.4, -0.2) is 11.1 Å². The highest BCUT2D eigenvalue weighted by molar-refractivity contribution is 5.34. The van der Waals surface area contributed by atoms with Gasteiger partial charge in [-0.2, -0.15) is 0 Å². The van der Waals surface area contributed by atoms with Crippen molar-refractivity contribution < 1.29 is 9.50 Å². The van der Waals surface area contributed by atoms with Crippen LogP contribution in [0.15, 0.2) is 18.2 Å². The lowest BCUT2D eigenvalue weighted by molar-refractivity contribution is 0.199. The molecule has 1 aliphatic carbocycles. The molecule has 0 amide bonds. The summed E-state index contributed by atoms with van der Waals surface area (Å²) in [5.74, 6) is -0.357. The number of hydrogen-bond acceptors (Lipinski definition) is 2. The molecule has 1 aromatic carbocycles. The van der Waals surface area contributed by atoms with Crippen LogP contribution in [0.1, 0.15) is 58.1 Å². The van der Waals surface area contributed by atoms with Gasteiger partial charge in [0.25, 0.3) is 0 Å². The molecule has 2 N–H and O–H groups in total. The van der Waals surface area contributed by atoms with Crippen molar-refractivity contribution in [2.75, 3.05) is 0 Å². The van der Waals surface area contributed by atoms with E-state index in [-0.39, 0.29) is 11.8 Å². The number of nitrogens with one attached hydrogen (secondary N) is 1. The van der Waals surface area contributed by atoms with Gasteiger partial charge in [0.1, 0.15) is 11.6 Å². The van der Waals surface area contributed by atoms with Crippen molar-refractivity contribution in [1.29, 1.82) is 0 Å². The quantitative estimate of drug-likeness (QED) is 0.860. The highest BCUT2D eigenvalue weighted by Gasteiger charge is 2.27. The zero-order valence-corrected chi connectivity index (χ0v) is 12.0. The van der Waals surface area contributed by atoms with Crippen molar-refractivity contribution >= 4 is 0 Å². The molecule has 0 saturated heterocycles. The van der Waals surface area contributed by atoms with E-state index in [1.165, 1.54) is 37.8 Å². The van der Waals surface area contributed by atoms with Crippen LogP contribution in [0, 0.1) is 11.2 Å². The molecule has 1 atom stereocenters. The monoisotopic (exact) mass is 265 g/mol. The molecule has 0 radical (unpaired) electrons. The lowest BCUT2D eigenvalue weighted by atomic mass is 9.75. The van der Waals surface area contributed by atoms with Crippen molar-refractivity contribution in [2.45, 2.75) is 58.5 Å². The molecule has 1 aliphatic rings. The van der Waals surface area contributed by atoms with E-state index in [0.717, 1.165) is 5.56 Å². The van der Waals surface area contributed by atoms with Crippen LogP contribution in [0.3, 0.4) is 0 Å². The Labute approximate surface area is 115 Å². The lowest BCUT2D eigenvalue weighted by Crippen LogP contribution is -2.37. The molecule has 2 nitrogen and oxygen atoms in total. The Kier molecular flexibility index (Phi) is 4.14. The Balaban J connectivity index is 1.96. The third kappa shape index (κ3) is 3.69. The summed E-state index contributed by atoms with van der Waals surface area (Å²) in [7, 11) is 0. The van der Waals surface area contributed by atoms with E-state index in [4.69, 9.17) is 0 Å². The standard InChI is InChI=1S/C16H24FNO/c1-11(14-5-4-12(17)10-15(14)19)18-13-6-8-16(2,3)9-7-13/h4-5,10-11,13,18-19H,6-9H2,1-3H3. The minimum atomic E-state index is -0.395. The van der Waals surface area contributed by atoms with Crippen LogP contribution in [0.4, 0.5) is 4.39 Å². The van der Waals surface area contributed by atoms with Crippen molar-refractivity contribution in [3.8, 4) is 5.75 Å². The van der Waals surface area contributed by atoms with Crippen LogP contribution in [0.5, 0.6) is 5.75 Å². The first kappa shape index (κ1) is 14.3. The molecule has 1 saturated carbocycles. The Hall–Kier alpha value is -1.09. The van der Waals surface area contributed by atoms with Gasteiger partial charge in [-0.15, -0.1) is 0 Å². The minimum absolute atomic E-state index is 0.0381. The van der Waals surface area contributed by atoms with Gasteiger partial charge in [-0.1, -0.05) is 19.9 Å². The molecule has 0 aliphatic heterocycles. The summed E-state index contributed by atoms with van der Waals surface area (Å²) in [4.78, 5) is 0. The summed E-state index contributed by atoms with van der Waals surface area (Å²) in [6, 6.07) is 4.78. The van der Waals surface area contributed by atoms with Gasteiger partial charge in [0.2, 0.25) is 0 Å². The third-order valence-corrected chi connectivity index (χ3v) is 4.28. The molecule has 1 fully saturated rings. The normalized spacial score (nSPS) is 21.3. The molecule has 106 valence electrons. The van der Waals surface area contributed by atoms with Crippen LogP contribution >= 0.6 is 0 Å². The van der Waals surface area contributed by atoms with Crippen molar-refractivity contribution in [3.63, 3.8) is 0 Å². The van der Waals surface area contributed by atoms with Crippen molar-refractivity contribution in [1.82, 2.24) is 5.32 Å². The van der Waals surface area contributed by atoms with Gasteiger partial charge < -0.3 is 10.4 Å². The summed E-state index contributed by atoms with van der Waals surface area (Å²) < 4.78 is 13.0. The number of halogens is 1. The molecule has 19 heavy (non-hydrogen) atoms. The zero-order valence-electron chi connectivity index (χ0n) is 12.0. The first-order valence-corrected chi connectivity index (χ1v) is 7.12. The van der Waals surface area contributed by atoms with E-state index in [1.807, 2.05) is 6.92 Å². The fraction of sp³-hybridized carbons (Fsp3) is 0.625. The number of phenolic OH excluding ortho intramolecular Hbond substituents is 1. The Morgan fingerprint density at radius 1 is 1.32 bits per heavy atom. The first-order chi connectivity index (χ1) is 8.87. The van der Waals surface area contributed by atoms with E-state index in [2.05, 4.69) is 19.2 Å². The molecule has 1 aromatic rings. The van der Waals surface area contributed by atoms with Gasteiger partial charge in [-0.05, 0) is 44.1 Å². The number of aromatic hydroxyl groups is 1. The number of rotatable bonds is 3. The second-order valence-electron chi connectivity index (χ2n) is 6.53. The average molecular weight is 265 g/mol. The third-order valence-electron chi connectivity index (χ3n) is 4.28. The molecule has 0 bridgehead atoms. The lowest BCUT2D eigenvalue weighted by Gasteiger charge is -2.36. The number of phenols is 1. The molecule has 0 spiro atoms. The number of hydrogen-bond donors (Lipinski definition) is 2. The predicted molar refractivity (Wildman–Crippen MR) is 75.7 cm³/mol. The summed E-state index contributed by atoms with van der Waals surface area (Å²) in [6.07, 6.45) is 4.79. The summed E-state index contributed by atoms with van der Waals surface area (Å²) in [5.41, 5.74) is 1.23. The van der Waals surface area contributed by atoms with Crippen LogP contribution in [0.25, 0.3) is 0 Å². The zero-order chi connectivity index (χ0) is 14.0. The maximum absolute atomic E-state index is 13.0. The first-order valence-electron chi connectivity index (χ1n) is 7.12. The van der Waals surface area contributed by atoms with Gasteiger partial charge in [0, 0.05) is 23.7 Å². The fourth-order valence-electron chi connectivity index (χ4n) is 2.89. The summed E-state index contributed by atoms with van der Waals surface area (Å²) in [5, 5.41) is 13.3. The molecule has 2 rings (SSSR count). The Morgan fingerprint density at radius 3 is 2.53 bits per heavy atom. The molecular formula is C16H24FNO. The molecule has 3 heteroatoms. The molecule has 0 heterocycles. The van der Waals surface area contributed by atoms with E-state index < -0.39 is 5.82 Å². The fourth-order valence-corrected chi connectivity index (χ4v) is 2.89. The molecule has 0 aromatic heterocycles. The topological polar surface area (TPSA) is 32.3 Å². The van der Waals surface area contributed by atoms with Crippen LogP contribution in [-0.2, 0) is 0 Å². The second-order valence-corrected chi connectivity index (χ2v) is 6.53. The minimum Gasteiger partial charge on any atom is -0.508 e. The smallest absolute Gasteiger partial charge is 0.126 e. The molecular weight excluding hydrogens is 241 g/mol. The predicted octanol–water partition coefficient (Wildman–Crippen LogP) is 4.15. The van der Waals surface area contributed by atoms with Crippen LogP contribution in [0.2, 0.25) is 0 Å². The van der Waals surface area contributed by atoms with Crippen LogP contribution < -0.4 is 5.32 Å². The molecule has 1 unspecified atom stereocenters. The number of benzene rings is 1. The SMILES string of the molecule is CC(NC1CCC(C)(C)CC1)c1ccc(F)cc1O. The van der Waals surface area contributed by atoms with Crippen molar-refractivity contribution in [2.24, 2.45) is 5.41 Å². The van der Waals surface area contributed by atoms with Gasteiger partial charge >= 0.3 is 0 Å². The summed E-state index contributed by atoms with van der Waals surface area (Å²) in [6.45, 7) is 6.66. The van der Waals surface area contributed by atoms with Gasteiger partial charge in [-0.3, -0.25) is 0 Å². The van der Waals surface area contributed by atoms with E-state index in [1.54, 1.807) is 6.07 Å². The summed E-state index contributed by atoms with van der Waals surface area (Å²) >= 11 is 0. The highest BCUT2D eigenvalue weighted by Crippen LogP contribution is 2.36. The second kappa shape index (κ2) is 5.49. The highest BCUT2D eigenvalue weighted by atomic mass is 19.1. The maximum Gasteiger partial charge on any atom is 0.126 e. The van der Waals surface area contributed by atoms with Gasteiger partial charge in [0.15, 0.2) is 0 Å². The van der Waals surface area contributed by atoms with E-state index in [9.17, 15) is 9.50 Å². The van der Waals surface area contributed by atoms with Gasteiger partial charge in [0.05, 0.1) is 0 Å². The van der Waals surface area contributed by atoms with Gasteiger partial charge in [-0.25, -0.2) is 4.39 Å². The van der Waals surface area contributed by atoms with E-state index in [0.29, 0.717) is 11.5 Å². The average Bonchev–Trinajstić information content (AvgIpc) is 2.31. The Morgan fingerprint density at radius 2 is 1.95 bits per heavy atom. The largest absolute Gasteiger partial charge is 0.508 e. The van der Waals surface area contributed by atoms with Crippen molar-refractivity contribution in [3.05, 3.63) is 29.6 Å².